The number of imide groups is 1. The van der Waals surface area contributed by atoms with Gasteiger partial charge in [0.15, 0.2) is 0 Å². The van der Waals surface area contributed by atoms with Gasteiger partial charge in [0.1, 0.15) is 0 Å². The van der Waals surface area contributed by atoms with Crippen molar-refractivity contribution in [2.75, 3.05) is 13.1 Å². The zero-order valence-corrected chi connectivity index (χ0v) is 21.7. The van der Waals surface area contributed by atoms with Crippen molar-refractivity contribution in [2.24, 2.45) is 0 Å². The molecule has 8 nitrogen and oxygen atoms in total. The van der Waals surface area contributed by atoms with Crippen molar-refractivity contribution in [1.82, 2.24) is 19.6 Å². The molecule has 0 radical (unpaired) electrons. The molecule has 0 atom stereocenters. The molecule has 1 N–H and O–H groups in total. The molecule has 2 aliphatic rings. The number of benzene rings is 2. The maximum absolute atomic E-state index is 13.6. The highest BCUT2D eigenvalue weighted by atomic mass is 32.2. The van der Waals surface area contributed by atoms with E-state index in [-0.39, 0.29) is 29.6 Å². The van der Waals surface area contributed by atoms with Crippen molar-refractivity contribution in [2.45, 2.75) is 37.8 Å². The third kappa shape index (κ3) is 5.76. The molecule has 0 unspecified atom stereocenters. The van der Waals surface area contributed by atoms with E-state index in [4.69, 9.17) is 5.11 Å². The molecule has 0 aliphatic carbocycles. The Labute approximate surface area is 232 Å². The molecular formula is C26H20F6N4O4S. The molecule has 0 bridgehead atoms. The van der Waals surface area contributed by atoms with E-state index in [0.717, 1.165) is 22.7 Å². The number of hydrogen-bond donors (Lipinski definition) is 1. The van der Waals surface area contributed by atoms with Gasteiger partial charge in [-0.1, -0.05) is 12.1 Å². The molecule has 0 spiro atoms. The molecular weight excluding hydrogens is 578 g/mol. The fraction of sp³-hybridized carbons (Fsp3) is 0.308. The van der Waals surface area contributed by atoms with Crippen LogP contribution in [0.4, 0.5) is 35.9 Å². The lowest BCUT2D eigenvalue weighted by Crippen LogP contribution is -2.47. The number of aromatic nitrogens is 2. The monoisotopic (exact) mass is 598 g/mol. The number of likely N-dealkylation sites (tertiary alicyclic amines) is 1. The van der Waals surface area contributed by atoms with Gasteiger partial charge in [-0.3, -0.25) is 19.2 Å². The van der Waals surface area contributed by atoms with Gasteiger partial charge in [-0.15, -0.1) is 0 Å². The molecule has 3 aromatic rings. The summed E-state index contributed by atoms with van der Waals surface area (Å²) in [6.45, 7) is -0.0217. The van der Waals surface area contributed by atoms with Crippen LogP contribution in [0.25, 0.3) is 17.0 Å². The average molecular weight is 599 g/mol. The van der Waals surface area contributed by atoms with Gasteiger partial charge in [0.25, 0.3) is 11.1 Å². The van der Waals surface area contributed by atoms with Gasteiger partial charge in [0.2, 0.25) is 0 Å². The number of rotatable bonds is 4. The predicted octanol–water partition coefficient (Wildman–Crippen LogP) is 6.30. The van der Waals surface area contributed by atoms with Crippen molar-refractivity contribution < 1.29 is 45.8 Å². The first-order valence-corrected chi connectivity index (χ1v) is 13.0. The Morgan fingerprint density at radius 2 is 1.73 bits per heavy atom. The summed E-state index contributed by atoms with van der Waals surface area (Å²) in [5.74, 6) is -0.494. The zero-order valence-electron chi connectivity index (χ0n) is 20.9. The fourth-order valence-electron chi connectivity index (χ4n) is 4.90. The number of carbonyl (C=O) groups is 3. The van der Waals surface area contributed by atoms with E-state index in [1.165, 1.54) is 21.9 Å². The summed E-state index contributed by atoms with van der Waals surface area (Å²) in [5.41, 5.74) is -2.26. The summed E-state index contributed by atoms with van der Waals surface area (Å²) >= 11 is 0.758. The van der Waals surface area contributed by atoms with E-state index in [1.54, 1.807) is 18.2 Å². The molecule has 15 heteroatoms. The van der Waals surface area contributed by atoms with E-state index in [2.05, 4.69) is 5.10 Å². The summed E-state index contributed by atoms with van der Waals surface area (Å²) in [6, 6.07) is 5.80. The average Bonchev–Trinajstić information content (AvgIpc) is 3.41. The summed E-state index contributed by atoms with van der Waals surface area (Å²) < 4.78 is 81.0. The molecule has 2 aromatic carbocycles. The van der Waals surface area contributed by atoms with Crippen LogP contribution in [0.3, 0.4) is 0 Å². The lowest BCUT2D eigenvalue weighted by Gasteiger charge is -2.33. The van der Waals surface area contributed by atoms with E-state index in [0.29, 0.717) is 35.4 Å². The molecule has 3 heterocycles. The molecule has 2 fully saturated rings. The van der Waals surface area contributed by atoms with Crippen LogP contribution < -0.4 is 0 Å². The number of carbonyl (C=O) groups excluding carboxylic acids is 2. The maximum Gasteiger partial charge on any atom is 0.416 e. The second-order valence-corrected chi connectivity index (χ2v) is 10.5. The Bertz CT molecular complexity index is 1570. The quantitative estimate of drug-likeness (QED) is 0.280. The molecule has 2 aliphatic heterocycles. The van der Waals surface area contributed by atoms with Crippen LogP contribution in [0.1, 0.15) is 35.1 Å². The standard InChI is InChI=1S/C26H20F6N4O4S/c27-25(28,29)17-3-2-15(19(11-17)26(30,31)32)13-35-20-4-1-14(9-16(20)12-33-35)10-21-22(37)36(24(40)41-21)18-5-7-34(8-6-18)23(38)39/h1-4,9-12,18H,5-8,13H2,(H,38,39). The van der Waals surface area contributed by atoms with Crippen molar-refractivity contribution in [3.05, 3.63) is 69.8 Å². The lowest BCUT2D eigenvalue weighted by atomic mass is 10.0. The predicted molar refractivity (Wildman–Crippen MR) is 136 cm³/mol. The smallest absolute Gasteiger partial charge is 0.416 e. The van der Waals surface area contributed by atoms with Gasteiger partial charge in [0, 0.05) is 24.5 Å². The number of alkyl halides is 6. The highest BCUT2D eigenvalue weighted by Crippen LogP contribution is 2.38. The van der Waals surface area contributed by atoms with Crippen LogP contribution in [0, 0.1) is 0 Å². The normalized spacial score (nSPS) is 18.2. The number of fused-ring (bicyclic) bond motifs is 1. The third-order valence-corrected chi connectivity index (χ3v) is 7.83. The summed E-state index contributed by atoms with van der Waals surface area (Å²) in [7, 11) is 0. The van der Waals surface area contributed by atoms with Crippen LogP contribution in [0.2, 0.25) is 0 Å². The van der Waals surface area contributed by atoms with E-state index in [1.807, 2.05) is 0 Å². The van der Waals surface area contributed by atoms with Gasteiger partial charge in [0.05, 0.1) is 34.3 Å². The third-order valence-electron chi connectivity index (χ3n) is 6.95. The maximum atomic E-state index is 13.6. The first-order valence-electron chi connectivity index (χ1n) is 12.2. The molecule has 41 heavy (non-hydrogen) atoms. The Balaban J connectivity index is 1.36. The van der Waals surface area contributed by atoms with Crippen LogP contribution in [0.5, 0.6) is 0 Å². The van der Waals surface area contributed by atoms with Crippen LogP contribution in [-0.2, 0) is 23.7 Å². The number of carboxylic acid groups (broad SMARTS) is 1. The minimum atomic E-state index is -5.01. The van der Waals surface area contributed by atoms with Crippen molar-refractivity contribution in [3.8, 4) is 0 Å². The van der Waals surface area contributed by atoms with Gasteiger partial charge < -0.3 is 10.0 Å². The number of hydrogen-bond acceptors (Lipinski definition) is 5. The van der Waals surface area contributed by atoms with E-state index >= 15 is 0 Å². The van der Waals surface area contributed by atoms with E-state index < -0.39 is 53.3 Å². The zero-order chi connectivity index (χ0) is 29.7. The van der Waals surface area contributed by atoms with Crippen LogP contribution in [0.15, 0.2) is 47.5 Å². The number of halogens is 6. The second-order valence-electron chi connectivity index (χ2n) is 9.54. The molecule has 1 aromatic heterocycles. The Kier molecular flexibility index (Phi) is 7.26. The van der Waals surface area contributed by atoms with Gasteiger partial charge in [-0.2, -0.15) is 31.4 Å². The first-order chi connectivity index (χ1) is 19.2. The van der Waals surface area contributed by atoms with Crippen molar-refractivity contribution >= 4 is 46.0 Å². The highest BCUT2D eigenvalue weighted by molar-refractivity contribution is 8.18. The largest absolute Gasteiger partial charge is 0.465 e. The summed E-state index contributed by atoms with van der Waals surface area (Å²) in [6.07, 6.45) is -7.45. The van der Waals surface area contributed by atoms with Gasteiger partial charge in [-0.25, -0.2) is 4.79 Å². The fourth-order valence-corrected chi connectivity index (χ4v) is 5.80. The molecule has 0 saturated carbocycles. The van der Waals surface area contributed by atoms with Gasteiger partial charge >= 0.3 is 18.4 Å². The highest BCUT2D eigenvalue weighted by Gasteiger charge is 2.41. The van der Waals surface area contributed by atoms with Crippen molar-refractivity contribution in [3.63, 3.8) is 0 Å². The molecule has 216 valence electrons. The van der Waals surface area contributed by atoms with E-state index in [9.17, 15) is 40.7 Å². The molecule has 2 saturated heterocycles. The summed E-state index contributed by atoms with van der Waals surface area (Å²) in [5, 5.41) is 13.3. The molecule has 5 rings (SSSR count). The first kappa shape index (κ1) is 28.5. The number of amides is 3. The SMILES string of the molecule is O=C(O)N1CCC(N2C(=O)SC(=Cc3ccc4c(cnn4Cc4ccc(C(F)(F)F)cc4C(F)(F)F)c3)C2=O)CC1. The van der Waals surface area contributed by atoms with Gasteiger partial charge in [-0.05, 0) is 66.1 Å². The minimum absolute atomic E-state index is 0.0850. The second kappa shape index (κ2) is 10.4. The minimum Gasteiger partial charge on any atom is -0.465 e. The Morgan fingerprint density at radius 1 is 1.02 bits per heavy atom. The summed E-state index contributed by atoms with van der Waals surface area (Å²) in [4.78, 5) is 39.3. The number of nitrogens with zero attached hydrogens (tertiary/aromatic N) is 4. The number of piperidine rings is 1. The van der Waals surface area contributed by atoms with Crippen LogP contribution >= 0.6 is 11.8 Å². The van der Waals surface area contributed by atoms with Crippen molar-refractivity contribution in [1.29, 1.82) is 0 Å². The topological polar surface area (TPSA) is 95.7 Å². The molecule has 3 amide bonds. The number of thioether (sulfide) groups is 1. The Hall–Kier alpha value is -4.01. The van der Waals surface area contributed by atoms with Crippen LogP contribution in [-0.4, -0.2) is 61.1 Å². The Morgan fingerprint density at radius 3 is 2.37 bits per heavy atom. The lowest BCUT2D eigenvalue weighted by molar-refractivity contribution is -0.143.